The summed E-state index contributed by atoms with van der Waals surface area (Å²) in [5, 5.41) is 1.54. The fourth-order valence-corrected chi connectivity index (χ4v) is 3.85. The van der Waals surface area contributed by atoms with Crippen molar-refractivity contribution in [2.45, 2.75) is 32.4 Å². The van der Waals surface area contributed by atoms with E-state index in [9.17, 15) is 0 Å². The number of hydrogen-bond acceptors (Lipinski definition) is 1. The molecular weight excluding hydrogens is 171 g/mol. The Balaban J connectivity index is -0.000000320. The minimum absolute atomic E-state index is 0. The largest absolute Gasteiger partial charge is 1.00 e. The first-order valence-corrected chi connectivity index (χ1v) is 7.50. The Kier molecular flexibility index (Phi) is 6.99. The van der Waals surface area contributed by atoms with Crippen LogP contribution in [0.5, 0.6) is 0 Å². The standard InChI is InChI=1S/C7H19GeN.2H/c1-4-7-8-9(5-2)6-3;;/h4-8H2,1-3H3;;/q;2*-1. The smallest absolute Gasteiger partial charge is 1.00 e. The summed E-state index contributed by atoms with van der Waals surface area (Å²) in [4.78, 5) is 0. The summed E-state index contributed by atoms with van der Waals surface area (Å²) in [6.07, 6.45) is 1.40. The maximum Gasteiger partial charge on any atom is -1.00 e. The molecule has 9 heavy (non-hydrogen) atoms. The van der Waals surface area contributed by atoms with Gasteiger partial charge in [-0.05, 0) is 0 Å². The molecule has 0 unspecified atom stereocenters. The van der Waals surface area contributed by atoms with E-state index in [1.165, 1.54) is 24.8 Å². The summed E-state index contributed by atoms with van der Waals surface area (Å²) in [7, 11) is 0. The molecule has 1 nitrogen and oxygen atoms in total. The Morgan fingerprint density at radius 3 is 2.11 bits per heavy atom. The molecule has 2 heteroatoms. The average Bonchev–Trinajstić information content (AvgIpc) is 1.91. The normalized spacial score (nSPS) is 12.0. The molecule has 0 saturated carbocycles. The molecule has 0 spiro atoms. The van der Waals surface area contributed by atoms with E-state index in [4.69, 9.17) is 0 Å². The van der Waals surface area contributed by atoms with Crippen LogP contribution >= 0.6 is 0 Å². The summed E-state index contributed by atoms with van der Waals surface area (Å²) >= 11 is -0.234. The average molecular weight is 192 g/mol. The predicted octanol–water partition coefficient (Wildman–Crippen LogP) is 1.47. The maximum atomic E-state index is 2.65. The second kappa shape index (κ2) is 6.62. The monoisotopic (exact) mass is 193 g/mol. The summed E-state index contributed by atoms with van der Waals surface area (Å²) in [5.41, 5.74) is 0. The predicted molar refractivity (Wildman–Crippen MR) is 48.8 cm³/mol. The molecule has 0 saturated heterocycles. The molecule has 0 radical (unpaired) electrons. The molecule has 0 N–H and O–H groups in total. The van der Waals surface area contributed by atoms with E-state index in [-0.39, 0.29) is 18.5 Å². The van der Waals surface area contributed by atoms with Crippen molar-refractivity contribution in [1.82, 2.24) is 3.86 Å². The molecule has 60 valence electrons. The first-order chi connectivity index (χ1) is 4.35. The molecule has 0 amide bonds. The molecule has 0 aromatic heterocycles. The van der Waals surface area contributed by atoms with Gasteiger partial charge in [0.1, 0.15) is 0 Å². The quantitative estimate of drug-likeness (QED) is 0.596. The topological polar surface area (TPSA) is 3.24 Å². The molecule has 0 aliphatic rings. The number of rotatable bonds is 5. The van der Waals surface area contributed by atoms with Crippen LogP contribution in [0, 0.1) is 0 Å². The zero-order chi connectivity index (χ0) is 7.11. The second-order valence-electron chi connectivity index (χ2n) is 2.38. The van der Waals surface area contributed by atoms with E-state index in [2.05, 4.69) is 24.6 Å². The number of hydrogen-bond donors (Lipinski definition) is 0. The van der Waals surface area contributed by atoms with Crippen molar-refractivity contribution in [3.05, 3.63) is 0 Å². The van der Waals surface area contributed by atoms with Gasteiger partial charge in [0.05, 0.1) is 0 Å². The third-order valence-corrected chi connectivity index (χ3v) is 7.07. The van der Waals surface area contributed by atoms with Crippen molar-refractivity contribution in [1.29, 1.82) is 0 Å². The Morgan fingerprint density at radius 1 is 1.22 bits per heavy atom. The van der Waals surface area contributed by atoms with Crippen molar-refractivity contribution in [2.75, 3.05) is 13.1 Å². The minimum atomic E-state index is -0.234. The maximum absolute atomic E-state index is 2.65. The van der Waals surface area contributed by atoms with Crippen LogP contribution in [0.2, 0.25) is 5.25 Å². The Hall–Kier alpha value is 0.503. The molecule has 0 heterocycles. The van der Waals surface area contributed by atoms with Gasteiger partial charge in [-0.1, -0.05) is 0 Å². The molecule has 0 fully saturated rings. The van der Waals surface area contributed by atoms with E-state index in [1.54, 1.807) is 0 Å². The fraction of sp³-hybridized carbons (Fsp3) is 1.00. The summed E-state index contributed by atoms with van der Waals surface area (Å²) in [6, 6.07) is 0. The van der Waals surface area contributed by atoms with Crippen LogP contribution in [-0.2, 0) is 0 Å². The van der Waals surface area contributed by atoms with Crippen LogP contribution < -0.4 is 0 Å². The van der Waals surface area contributed by atoms with E-state index >= 15 is 0 Å². The van der Waals surface area contributed by atoms with E-state index < -0.39 is 0 Å². The molecule has 0 bridgehead atoms. The van der Waals surface area contributed by atoms with Crippen LogP contribution in [0.15, 0.2) is 0 Å². The van der Waals surface area contributed by atoms with Crippen LogP contribution in [0.25, 0.3) is 0 Å². The molecule has 0 aromatic rings. The molecule has 0 aliphatic heterocycles. The van der Waals surface area contributed by atoms with Crippen LogP contribution in [0.4, 0.5) is 0 Å². The van der Waals surface area contributed by atoms with Crippen LogP contribution in [0.1, 0.15) is 30.0 Å². The third kappa shape index (κ3) is 4.97. The summed E-state index contributed by atoms with van der Waals surface area (Å²) in [6.45, 7) is 9.40. The zero-order valence-electron chi connectivity index (χ0n) is 8.98. The van der Waals surface area contributed by atoms with E-state index in [1.807, 2.05) is 0 Å². The van der Waals surface area contributed by atoms with Gasteiger partial charge in [-0.15, -0.1) is 0 Å². The molecular formula is C7H21GeN-2. The van der Waals surface area contributed by atoms with E-state index in [0.29, 0.717) is 0 Å². The van der Waals surface area contributed by atoms with Crippen molar-refractivity contribution < 1.29 is 2.85 Å². The van der Waals surface area contributed by atoms with Gasteiger partial charge in [0.2, 0.25) is 0 Å². The van der Waals surface area contributed by atoms with Crippen LogP contribution in [-0.4, -0.2) is 32.6 Å². The van der Waals surface area contributed by atoms with Crippen molar-refractivity contribution >= 4 is 15.7 Å². The fourth-order valence-electron chi connectivity index (χ4n) is 0.922. The summed E-state index contributed by atoms with van der Waals surface area (Å²) < 4.78 is 2.65. The molecule has 0 aliphatic carbocycles. The van der Waals surface area contributed by atoms with Gasteiger partial charge in [0.25, 0.3) is 0 Å². The first-order valence-electron chi connectivity index (χ1n) is 4.07. The summed E-state index contributed by atoms with van der Waals surface area (Å²) in [5.74, 6) is 0. The molecule has 0 aromatic carbocycles. The van der Waals surface area contributed by atoms with Gasteiger partial charge in [0, 0.05) is 0 Å². The van der Waals surface area contributed by atoms with Gasteiger partial charge in [-0.2, -0.15) is 0 Å². The third-order valence-electron chi connectivity index (χ3n) is 1.72. The van der Waals surface area contributed by atoms with Gasteiger partial charge in [-0.3, -0.25) is 0 Å². The Labute approximate surface area is 68.5 Å². The zero-order valence-corrected chi connectivity index (χ0v) is 9.95. The number of nitrogens with zero attached hydrogens (tertiary/aromatic N) is 1. The van der Waals surface area contributed by atoms with Crippen molar-refractivity contribution in [2.24, 2.45) is 0 Å². The second-order valence-corrected chi connectivity index (χ2v) is 6.68. The van der Waals surface area contributed by atoms with Gasteiger partial charge in [0.15, 0.2) is 0 Å². The SMILES string of the molecule is CC[CH2][GeH2][N](CC)CC.[H-].[H-]. The van der Waals surface area contributed by atoms with Gasteiger partial charge >= 0.3 is 65.0 Å². The first kappa shape index (κ1) is 9.50. The van der Waals surface area contributed by atoms with Crippen molar-refractivity contribution in [3.63, 3.8) is 0 Å². The van der Waals surface area contributed by atoms with Crippen LogP contribution in [0.3, 0.4) is 0 Å². The molecule has 0 atom stereocenters. The minimum Gasteiger partial charge on any atom is -1.00 e. The van der Waals surface area contributed by atoms with Crippen molar-refractivity contribution in [3.8, 4) is 0 Å². The van der Waals surface area contributed by atoms with Gasteiger partial charge in [-0.25, -0.2) is 0 Å². The van der Waals surface area contributed by atoms with Gasteiger partial charge < -0.3 is 2.85 Å². The van der Waals surface area contributed by atoms with E-state index in [0.717, 1.165) is 0 Å². The Morgan fingerprint density at radius 2 is 1.78 bits per heavy atom. The Bertz CT molecular complexity index is 60.4. The molecule has 0 rings (SSSR count).